The van der Waals surface area contributed by atoms with Gasteiger partial charge in [-0.2, -0.15) is 46.7 Å². The molecule has 2 heterocycles. The molecule has 0 spiro atoms. The molecular weight excluding hydrogens is 1020 g/mol. The minimum Gasteiger partial charge on any atom is -0.481 e. The smallest absolute Gasteiger partial charge is 0.303 e. The molecular formula is C45H53N2O18S5+. The first kappa shape index (κ1) is 54.4. The molecule has 4 aromatic carbocycles. The van der Waals surface area contributed by atoms with Gasteiger partial charge in [0, 0.05) is 72.0 Å². The molecule has 70 heavy (non-hydrogen) atoms. The van der Waals surface area contributed by atoms with Gasteiger partial charge in [-0.05, 0) is 112 Å². The largest absolute Gasteiger partial charge is 0.481 e. The van der Waals surface area contributed by atoms with Crippen LogP contribution in [0.1, 0.15) is 76.8 Å². The molecule has 2 aliphatic rings. The van der Waals surface area contributed by atoms with Crippen molar-refractivity contribution in [2.75, 3.05) is 37.5 Å². The molecule has 2 unspecified atom stereocenters. The Morgan fingerprint density at radius 2 is 1.24 bits per heavy atom. The summed E-state index contributed by atoms with van der Waals surface area (Å²) in [6, 6.07) is 9.50. The van der Waals surface area contributed by atoms with E-state index in [1.165, 1.54) is 19.2 Å². The van der Waals surface area contributed by atoms with Gasteiger partial charge in [-0.3, -0.25) is 27.6 Å². The summed E-state index contributed by atoms with van der Waals surface area (Å²) in [6.45, 7) is 6.12. The van der Waals surface area contributed by atoms with Crippen molar-refractivity contribution in [3.8, 4) is 0 Å². The Morgan fingerprint density at radius 1 is 0.671 bits per heavy atom. The number of carboxylic acids is 1. The fourth-order valence-electron chi connectivity index (χ4n) is 9.80. The van der Waals surface area contributed by atoms with Crippen LogP contribution >= 0.6 is 0 Å². The van der Waals surface area contributed by atoms with Gasteiger partial charge in [-0.15, -0.1) is 0 Å². The van der Waals surface area contributed by atoms with E-state index in [0.717, 1.165) is 12.1 Å². The molecule has 2 aliphatic heterocycles. The number of nitrogens with zero attached hydrogens (tertiary/aromatic N) is 2. The summed E-state index contributed by atoms with van der Waals surface area (Å²) >= 11 is 0. The van der Waals surface area contributed by atoms with E-state index in [9.17, 15) is 74.8 Å². The van der Waals surface area contributed by atoms with E-state index < -0.39 is 92.7 Å². The quantitative estimate of drug-likeness (QED) is 0.0225. The average molecular weight is 1070 g/mol. The normalized spacial score (nSPS) is 19.7. The first-order valence-electron chi connectivity index (χ1n) is 21.6. The molecule has 0 aromatic heterocycles. The van der Waals surface area contributed by atoms with E-state index in [1.54, 1.807) is 56.4 Å². The van der Waals surface area contributed by atoms with Crippen molar-refractivity contribution in [2.45, 2.75) is 96.1 Å². The molecule has 0 fully saturated rings. The molecule has 0 saturated carbocycles. The highest BCUT2D eigenvalue weighted by atomic mass is 32.2. The molecule has 25 heteroatoms. The third-order valence-electron chi connectivity index (χ3n) is 12.9. The highest BCUT2D eigenvalue weighted by molar-refractivity contribution is 7.87. The Kier molecular flexibility index (Phi) is 15.5. The van der Waals surface area contributed by atoms with E-state index in [4.69, 9.17) is 4.74 Å². The number of hydrogen-bond donors (Lipinski definition) is 6. The molecule has 6 rings (SSSR count). The molecule has 4 aromatic rings. The molecule has 0 amide bonds. The number of carbonyl (C=O) groups is 1. The molecule has 0 bridgehead atoms. The predicted octanol–water partition coefficient (Wildman–Crippen LogP) is 6.48. The number of methoxy groups -OCH3 is 1. The van der Waals surface area contributed by atoms with Crippen LogP contribution in [-0.2, 0) is 71.0 Å². The van der Waals surface area contributed by atoms with Crippen molar-refractivity contribution < 1.29 is 84.1 Å². The molecule has 380 valence electrons. The number of anilines is 1. The van der Waals surface area contributed by atoms with Gasteiger partial charge in [0.2, 0.25) is 5.69 Å². The zero-order valence-electron chi connectivity index (χ0n) is 38.3. The summed E-state index contributed by atoms with van der Waals surface area (Å²) < 4.78 is 182. The average Bonchev–Trinajstić information content (AvgIpc) is 3.63. The van der Waals surface area contributed by atoms with E-state index in [2.05, 4.69) is 0 Å². The zero-order chi connectivity index (χ0) is 52.0. The predicted molar refractivity (Wildman–Crippen MR) is 259 cm³/mol. The molecule has 2 atom stereocenters. The van der Waals surface area contributed by atoms with Crippen LogP contribution < -0.4 is 4.90 Å². The maximum atomic E-state index is 12.7. The van der Waals surface area contributed by atoms with Crippen LogP contribution in [0, 0.1) is 0 Å². The summed E-state index contributed by atoms with van der Waals surface area (Å²) in [7, 11) is -23.2. The Hall–Kier alpha value is -4.93. The van der Waals surface area contributed by atoms with Crippen LogP contribution in [0.5, 0.6) is 0 Å². The van der Waals surface area contributed by atoms with Crippen molar-refractivity contribution >= 4 is 95.2 Å². The van der Waals surface area contributed by atoms with Crippen LogP contribution in [-0.4, -0.2) is 119 Å². The second kappa shape index (κ2) is 19.9. The van der Waals surface area contributed by atoms with Crippen LogP contribution in [0.4, 0.5) is 11.4 Å². The molecule has 0 aliphatic carbocycles. The fraction of sp³-hybridized carbons (Fsp3) is 0.378. The standard InChI is InChI=1S/C45H52N2O18S5/c1-5-46-35-18-16-31-33(25-29(67(53,54)55)27-37(31)69(59,60)61)42(35)44(2,20-12-24-66(50,51)52)39(46)13-8-6-9-14-40-45(3,21-23-65-4)43-34-26-30(68(56,57)58)28-38(70(62,63)64)32(34)17-19-36(43)47(40)22-11-7-10-15-41(48)49/h6,8-9,13-14,16-19,25-28H,5,7,10-12,15,20-24H2,1-4H3,(H5-,48,49,50,51,52,53,54,55,56,57,58,59,60,61,62,63,64)/p+1. The van der Waals surface area contributed by atoms with Crippen molar-refractivity contribution in [3.63, 3.8) is 0 Å². The Balaban J connectivity index is 1.53. The lowest BCUT2D eigenvalue weighted by atomic mass is 9.74. The van der Waals surface area contributed by atoms with E-state index >= 15 is 0 Å². The molecule has 0 saturated heterocycles. The number of hydrogen-bond acceptors (Lipinski definition) is 13. The number of benzene rings is 4. The number of ether oxygens (including phenoxy) is 1. The Labute approximate surface area is 406 Å². The Bertz CT molecular complexity index is 3510. The number of aliphatic carboxylic acids is 1. The van der Waals surface area contributed by atoms with Crippen molar-refractivity contribution in [3.05, 3.63) is 95.7 Å². The summed E-state index contributed by atoms with van der Waals surface area (Å²) in [6.07, 6.45) is 9.94. The highest BCUT2D eigenvalue weighted by Crippen LogP contribution is 2.54. The summed E-state index contributed by atoms with van der Waals surface area (Å²) in [4.78, 5) is 10.1. The van der Waals surface area contributed by atoms with Gasteiger partial charge in [-0.1, -0.05) is 30.7 Å². The maximum Gasteiger partial charge on any atom is 0.303 e. The van der Waals surface area contributed by atoms with Gasteiger partial charge in [0.15, 0.2) is 5.71 Å². The number of fused-ring (bicyclic) bond motifs is 6. The first-order chi connectivity index (χ1) is 32.4. The highest BCUT2D eigenvalue weighted by Gasteiger charge is 2.49. The van der Waals surface area contributed by atoms with Crippen molar-refractivity contribution in [1.82, 2.24) is 0 Å². The van der Waals surface area contributed by atoms with Gasteiger partial charge in [0.1, 0.15) is 16.3 Å². The lowest BCUT2D eigenvalue weighted by molar-refractivity contribution is -0.433. The third kappa shape index (κ3) is 11.1. The zero-order valence-corrected chi connectivity index (χ0v) is 42.4. The summed E-state index contributed by atoms with van der Waals surface area (Å²) in [5.74, 6) is -1.62. The number of rotatable bonds is 21. The topological polar surface area (TPSA) is 325 Å². The second-order valence-electron chi connectivity index (χ2n) is 17.4. The van der Waals surface area contributed by atoms with Gasteiger partial charge < -0.3 is 14.7 Å². The van der Waals surface area contributed by atoms with Crippen molar-refractivity contribution in [2.24, 2.45) is 0 Å². The van der Waals surface area contributed by atoms with Crippen LogP contribution in [0.15, 0.2) is 104 Å². The van der Waals surface area contributed by atoms with E-state index in [1.807, 2.05) is 16.4 Å². The first-order valence-corrected chi connectivity index (χ1v) is 29.0. The molecule has 6 N–H and O–H groups in total. The summed E-state index contributed by atoms with van der Waals surface area (Å²) in [5, 5.41) is 9.27. The number of unbranched alkanes of at least 4 members (excludes halogenated alkanes) is 2. The van der Waals surface area contributed by atoms with E-state index in [-0.39, 0.29) is 60.4 Å². The van der Waals surface area contributed by atoms with Gasteiger partial charge >= 0.3 is 5.97 Å². The third-order valence-corrected chi connectivity index (χ3v) is 17.1. The maximum absolute atomic E-state index is 12.7. The second-order valence-corrected chi connectivity index (χ2v) is 24.6. The van der Waals surface area contributed by atoms with Crippen LogP contribution in [0.25, 0.3) is 21.5 Å². The van der Waals surface area contributed by atoms with Crippen molar-refractivity contribution in [1.29, 1.82) is 0 Å². The lowest BCUT2D eigenvalue weighted by Gasteiger charge is -2.30. The monoisotopic (exact) mass is 1070 g/mol. The minimum absolute atomic E-state index is 0.00421. The number of allylic oxidation sites excluding steroid dienone is 6. The van der Waals surface area contributed by atoms with Crippen LogP contribution in [0.3, 0.4) is 0 Å². The molecule has 20 nitrogen and oxygen atoms in total. The van der Waals surface area contributed by atoms with Gasteiger partial charge in [0.25, 0.3) is 50.6 Å². The molecule has 0 radical (unpaired) electrons. The van der Waals surface area contributed by atoms with Gasteiger partial charge in [-0.25, -0.2) is 0 Å². The van der Waals surface area contributed by atoms with E-state index in [0.29, 0.717) is 71.9 Å². The summed E-state index contributed by atoms with van der Waals surface area (Å²) in [5.41, 5.74) is 0.660. The van der Waals surface area contributed by atoms with Crippen LogP contribution in [0.2, 0.25) is 0 Å². The van der Waals surface area contributed by atoms with Gasteiger partial charge in [0.05, 0.1) is 21.0 Å². The Morgan fingerprint density at radius 3 is 1.76 bits per heavy atom. The SMILES string of the molecule is CC[N+]1=C(/C=C/C=C/C=C2/N(CCCCCC(=O)O)c3ccc4c(S(=O)(=O)O)cc(S(=O)(=O)O)cc4c3C2(C)CCOC)C(C)(CCCS(=O)(=O)O)c2c1ccc1c(S(=O)(=O)O)cc(S(=O)(=O)O)cc21. The minimum atomic E-state index is -5.07. The number of carboxylic acid groups (broad SMARTS) is 1. The lowest BCUT2D eigenvalue weighted by Crippen LogP contribution is -2.32. The fourth-order valence-corrected chi connectivity index (χ4v) is 13.0.